The van der Waals surface area contributed by atoms with Gasteiger partial charge in [0.15, 0.2) is 0 Å². The summed E-state index contributed by atoms with van der Waals surface area (Å²) in [7, 11) is 0. The molecular formula is C12H8F3NS. The number of benzene rings is 2. The van der Waals surface area contributed by atoms with E-state index < -0.39 is 17.5 Å². The first-order valence-electron chi connectivity index (χ1n) is 4.74. The lowest BCUT2D eigenvalue weighted by atomic mass is 10.3. The van der Waals surface area contributed by atoms with E-state index in [2.05, 4.69) is 0 Å². The normalized spacial score (nSPS) is 10.5. The Morgan fingerprint density at radius 2 is 1.41 bits per heavy atom. The lowest BCUT2D eigenvalue weighted by Gasteiger charge is -2.05. The highest BCUT2D eigenvalue weighted by molar-refractivity contribution is 7.99. The summed E-state index contributed by atoms with van der Waals surface area (Å²) >= 11 is 0.886. The minimum Gasteiger partial charge on any atom is -0.399 e. The zero-order chi connectivity index (χ0) is 12.4. The fraction of sp³-hybridized carbons (Fsp3) is 0. The molecule has 0 radical (unpaired) electrons. The van der Waals surface area contributed by atoms with Gasteiger partial charge in [0.05, 0.1) is 4.90 Å². The van der Waals surface area contributed by atoms with E-state index in [1.807, 2.05) is 0 Å². The number of hydrogen-bond donors (Lipinski definition) is 1. The molecule has 0 amide bonds. The highest BCUT2D eigenvalue weighted by Crippen LogP contribution is 2.33. The van der Waals surface area contributed by atoms with Crippen molar-refractivity contribution in [3.8, 4) is 0 Å². The van der Waals surface area contributed by atoms with Gasteiger partial charge in [-0.2, -0.15) is 0 Å². The number of rotatable bonds is 2. The fourth-order valence-electron chi connectivity index (χ4n) is 1.30. The number of hydrogen-bond acceptors (Lipinski definition) is 2. The molecule has 0 aliphatic carbocycles. The van der Waals surface area contributed by atoms with Crippen LogP contribution in [0.4, 0.5) is 18.9 Å². The summed E-state index contributed by atoms with van der Waals surface area (Å²) in [5.74, 6) is -1.85. The molecule has 2 rings (SSSR count). The minimum atomic E-state index is -0.725. The summed E-state index contributed by atoms with van der Waals surface area (Å²) < 4.78 is 39.6. The second-order valence-corrected chi connectivity index (χ2v) is 4.45. The second kappa shape index (κ2) is 4.71. The number of anilines is 1. The fourth-order valence-corrected chi connectivity index (χ4v) is 2.12. The second-order valence-electron chi connectivity index (χ2n) is 3.37. The number of halogens is 3. The average Bonchev–Trinajstić information content (AvgIpc) is 2.26. The van der Waals surface area contributed by atoms with Crippen molar-refractivity contribution < 1.29 is 13.2 Å². The van der Waals surface area contributed by atoms with Gasteiger partial charge >= 0.3 is 0 Å². The maximum Gasteiger partial charge on any atom is 0.142 e. The van der Waals surface area contributed by atoms with Gasteiger partial charge in [0, 0.05) is 10.6 Å². The number of nitrogen functional groups attached to an aromatic ring is 1. The molecular weight excluding hydrogens is 247 g/mol. The van der Waals surface area contributed by atoms with Crippen molar-refractivity contribution in [1.82, 2.24) is 0 Å². The number of nitrogens with two attached hydrogens (primary N) is 1. The van der Waals surface area contributed by atoms with Gasteiger partial charge in [0.1, 0.15) is 17.5 Å². The smallest absolute Gasteiger partial charge is 0.142 e. The van der Waals surface area contributed by atoms with Gasteiger partial charge in [-0.15, -0.1) is 0 Å². The third-order valence-electron chi connectivity index (χ3n) is 2.05. The van der Waals surface area contributed by atoms with Crippen molar-refractivity contribution in [2.75, 3.05) is 5.73 Å². The molecule has 0 aliphatic heterocycles. The van der Waals surface area contributed by atoms with Gasteiger partial charge < -0.3 is 5.73 Å². The zero-order valence-corrected chi connectivity index (χ0v) is 9.40. The Kier molecular flexibility index (Phi) is 3.28. The van der Waals surface area contributed by atoms with E-state index in [1.54, 1.807) is 0 Å². The van der Waals surface area contributed by atoms with Crippen LogP contribution in [0, 0.1) is 17.5 Å². The van der Waals surface area contributed by atoms with E-state index in [-0.39, 0.29) is 10.6 Å². The van der Waals surface area contributed by atoms with E-state index >= 15 is 0 Å². The van der Waals surface area contributed by atoms with E-state index in [0.717, 1.165) is 23.9 Å². The lowest BCUT2D eigenvalue weighted by molar-refractivity contribution is 0.542. The summed E-state index contributed by atoms with van der Waals surface area (Å²) in [6.45, 7) is 0. The predicted molar refractivity (Wildman–Crippen MR) is 61.3 cm³/mol. The molecule has 0 aromatic heterocycles. The first kappa shape index (κ1) is 11.9. The van der Waals surface area contributed by atoms with Gasteiger partial charge in [-0.25, -0.2) is 13.2 Å². The average molecular weight is 255 g/mol. The standard InChI is InChI=1S/C12H8F3NS/c13-7-1-3-9(4-2-7)17-12-10(14)5-8(16)6-11(12)15/h1-6H,16H2. The minimum absolute atomic E-state index is 0.0310. The van der Waals surface area contributed by atoms with Crippen LogP contribution in [-0.2, 0) is 0 Å². The van der Waals surface area contributed by atoms with E-state index in [0.29, 0.717) is 4.90 Å². The summed E-state index contributed by atoms with van der Waals surface area (Å²) in [5.41, 5.74) is 5.33. The molecule has 88 valence electrons. The van der Waals surface area contributed by atoms with Crippen LogP contribution >= 0.6 is 11.8 Å². The Labute approximate surface area is 100 Å². The van der Waals surface area contributed by atoms with Crippen LogP contribution in [-0.4, -0.2) is 0 Å². The van der Waals surface area contributed by atoms with E-state index in [1.165, 1.54) is 24.3 Å². The lowest BCUT2D eigenvalue weighted by Crippen LogP contribution is -1.93. The third-order valence-corrected chi connectivity index (χ3v) is 3.16. The van der Waals surface area contributed by atoms with Crippen LogP contribution in [0.15, 0.2) is 46.2 Å². The van der Waals surface area contributed by atoms with Crippen LogP contribution in [0.2, 0.25) is 0 Å². The molecule has 0 saturated carbocycles. The molecule has 5 heteroatoms. The first-order valence-corrected chi connectivity index (χ1v) is 5.56. The Morgan fingerprint density at radius 1 is 0.882 bits per heavy atom. The molecule has 0 fully saturated rings. The Balaban J connectivity index is 2.33. The molecule has 0 heterocycles. The molecule has 0 unspecified atom stereocenters. The van der Waals surface area contributed by atoms with Crippen LogP contribution in [0.25, 0.3) is 0 Å². The van der Waals surface area contributed by atoms with Crippen molar-refractivity contribution >= 4 is 17.4 Å². The largest absolute Gasteiger partial charge is 0.399 e. The Morgan fingerprint density at radius 3 is 1.94 bits per heavy atom. The van der Waals surface area contributed by atoms with Crippen molar-refractivity contribution in [2.24, 2.45) is 0 Å². The maximum atomic E-state index is 13.5. The molecule has 0 atom stereocenters. The summed E-state index contributed by atoms with van der Waals surface area (Å²) in [4.78, 5) is 0.403. The highest BCUT2D eigenvalue weighted by atomic mass is 32.2. The van der Waals surface area contributed by atoms with Crippen LogP contribution in [0.1, 0.15) is 0 Å². The molecule has 2 aromatic carbocycles. The summed E-state index contributed by atoms with van der Waals surface area (Å²) in [6.07, 6.45) is 0. The predicted octanol–water partition coefficient (Wildman–Crippen LogP) is 3.84. The first-order chi connectivity index (χ1) is 8.06. The molecule has 17 heavy (non-hydrogen) atoms. The van der Waals surface area contributed by atoms with Crippen molar-refractivity contribution in [1.29, 1.82) is 0 Å². The monoisotopic (exact) mass is 255 g/mol. The highest BCUT2D eigenvalue weighted by Gasteiger charge is 2.11. The van der Waals surface area contributed by atoms with Gasteiger partial charge in [0.25, 0.3) is 0 Å². The van der Waals surface area contributed by atoms with Crippen LogP contribution in [0.5, 0.6) is 0 Å². The van der Waals surface area contributed by atoms with Crippen molar-refractivity contribution in [3.05, 3.63) is 53.8 Å². The van der Waals surface area contributed by atoms with Crippen molar-refractivity contribution in [2.45, 2.75) is 9.79 Å². The van der Waals surface area contributed by atoms with Gasteiger partial charge in [-0.05, 0) is 36.4 Å². The topological polar surface area (TPSA) is 26.0 Å². The van der Waals surface area contributed by atoms with Gasteiger partial charge in [-0.1, -0.05) is 11.8 Å². The van der Waals surface area contributed by atoms with Crippen LogP contribution in [0.3, 0.4) is 0 Å². The van der Waals surface area contributed by atoms with Gasteiger partial charge in [-0.3, -0.25) is 0 Å². The SMILES string of the molecule is Nc1cc(F)c(Sc2ccc(F)cc2)c(F)c1. The molecule has 2 aromatic rings. The maximum absolute atomic E-state index is 13.5. The molecule has 0 spiro atoms. The van der Waals surface area contributed by atoms with E-state index in [4.69, 9.17) is 5.73 Å². The van der Waals surface area contributed by atoms with Crippen LogP contribution < -0.4 is 5.73 Å². The third kappa shape index (κ3) is 2.74. The Bertz CT molecular complexity index is 517. The molecule has 0 saturated heterocycles. The van der Waals surface area contributed by atoms with Gasteiger partial charge in [0.2, 0.25) is 0 Å². The van der Waals surface area contributed by atoms with E-state index in [9.17, 15) is 13.2 Å². The Hall–Kier alpha value is -1.62. The molecule has 0 bridgehead atoms. The molecule has 0 aliphatic rings. The zero-order valence-electron chi connectivity index (χ0n) is 8.58. The molecule has 1 nitrogen and oxygen atoms in total. The quantitative estimate of drug-likeness (QED) is 0.825. The summed E-state index contributed by atoms with van der Waals surface area (Å²) in [5, 5.41) is 0. The summed E-state index contributed by atoms with van der Waals surface area (Å²) in [6, 6.07) is 7.47. The van der Waals surface area contributed by atoms with Crippen molar-refractivity contribution in [3.63, 3.8) is 0 Å². The molecule has 2 N–H and O–H groups in total.